The van der Waals surface area contributed by atoms with E-state index in [1.807, 2.05) is 7.05 Å². The van der Waals surface area contributed by atoms with E-state index in [4.69, 9.17) is 5.26 Å². The largest absolute Gasteiger partial charge is 0.354 e. The standard InChI is InChI=1S/C11H15N5/c1-13-7-9-2-5-16(8-9)11-10(6-12)14-3-4-15-11/h3-4,9,13H,2,5,7-8H2,1H3. The lowest BCUT2D eigenvalue weighted by Gasteiger charge is -2.17. The van der Waals surface area contributed by atoms with Crippen molar-refractivity contribution in [3.8, 4) is 6.07 Å². The first-order valence-electron chi connectivity index (χ1n) is 5.45. The van der Waals surface area contributed by atoms with Crippen LogP contribution in [0.5, 0.6) is 0 Å². The molecule has 0 spiro atoms. The van der Waals surface area contributed by atoms with Gasteiger partial charge in [0.1, 0.15) is 6.07 Å². The zero-order valence-corrected chi connectivity index (χ0v) is 9.35. The Morgan fingerprint density at radius 2 is 2.38 bits per heavy atom. The van der Waals surface area contributed by atoms with Gasteiger partial charge in [-0.1, -0.05) is 0 Å². The zero-order valence-electron chi connectivity index (χ0n) is 9.35. The lowest BCUT2D eigenvalue weighted by atomic mass is 10.1. The number of nitrogens with zero attached hydrogens (tertiary/aromatic N) is 4. The highest BCUT2D eigenvalue weighted by atomic mass is 15.2. The fourth-order valence-electron chi connectivity index (χ4n) is 2.12. The summed E-state index contributed by atoms with van der Waals surface area (Å²) in [4.78, 5) is 10.4. The third-order valence-corrected chi connectivity index (χ3v) is 2.86. The Morgan fingerprint density at radius 1 is 1.56 bits per heavy atom. The topological polar surface area (TPSA) is 64.8 Å². The molecule has 5 heteroatoms. The van der Waals surface area contributed by atoms with Crippen LogP contribution < -0.4 is 10.2 Å². The van der Waals surface area contributed by atoms with Crippen LogP contribution in [0.25, 0.3) is 0 Å². The Hall–Kier alpha value is -1.67. The van der Waals surface area contributed by atoms with Crippen LogP contribution in [0.15, 0.2) is 12.4 Å². The van der Waals surface area contributed by atoms with Crippen LogP contribution in [0.1, 0.15) is 12.1 Å². The lowest BCUT2D eigenvalue weighted by Crippen LogP contribution is -2.25. The molecule has 1 N–H and O–H groups in total. The maximum absolute atomic E-state index is 8.96. The van der Waals surface area contributed by atoms with E-state index in [1.54, 1.807) is 12.4 Å². The van der Waals surface area contributed by atoms with Crippen molar-refractivity contribution in [3.05, 3.63) is 18.1 Å². The first-order valence-corrected chi connectivity index (χ1v) is 5.45. The Kier molecular flexibility index (Phi) is 3.32. The van der Waals surface area contributed by atoms with Gasteiger partial charge in [0.2, 0.25) is 0 Å². The third kappa shape index (κ3) is 2.12. The number of nitriles is 1. The molecule has 0 aliphatic carbocycles. The number of anilines is 1. The summed E-state index contributed by atoms with van der Waals surface area (Å²) in [6.07, 6.45) is 4.34. The second-order valence-corrected chi connectivity index (χ2v) is 4.00. The summed E-state index contributed by atoms with van der Waals surface area (Å²) in [7, 11) is 1.96. The van der Waals surface area contributed by atoms with E-state index in [9.17, 15) is 0 Å². The predicted molar refractivity (Wildman–Crippen MR) is 61.0 cm³/mol. The van der Waals surface area contributed by atoms with Gasteiger partial charge in [-0.3, -0.25) is 0 Å². The molecule has 2 rings (SSSR count). The molecule has 1 atom stereocenters. The maximum Gasteiger partial charge on any atom is 0.183 e. The molecule has 1 aromatic rings. The fraction of sp³-hybridized carbons (Fsp3) is 0.545. The van der Waals surface area contributed by atoms with Gasteiger partial charge in [0.25, 0.3) is 0 Å². The molecule has 0 bridgehead atoms. The van der Waals surface area contributed by atoms with Crippen molar-refractivity contribution in [2.45, 2.75) is 6.42 Å². The van der Waals surface area contributed by atoms with Crippen molar-refractivity contribution in [2.75, 3.05) is 31.6 Å². The van der Waals surface area contributed by atoms with E-state index in [1.165, 1.54) is 0 Å². The number of hydrogen-bond acceptors (Lipinski definition) is 5. The molecule has 1 aliphatic heterocycles. The van der Waals surface area contributed by atoms with Crippen LogP contribution in [0.2, 0.25) is 0 Å². The van der Waals surface area contributed by atoms with E-state index < -0.39 is 0 Å². The van der Waals surface area contributed by atoms with E-state index in [-0.39, 0.29) is 0 Å². The molecule has 0 radical (unpaired) electrons. The van der Waals surface area contributed by atoms with Crippen molar-refractivity contribution in [1.29, 1.82) is 5.26 Å². The molecule has 0 aromatic carbocycles. The summed E-state index contributed by atoms with van der Waals surface area (Å²) in [5, 5.41) is 12.1. The van der Waals surface area contributed by atoms with Gasteiger partial charge in [-0.25, -0.2) is 9.97 Å². The summed E-state index contributed by atoms with van der Waals surface area (Å²) >= 11 is 0. The Labute approximate surface area is 95.1 Å². The van der Waals surface area contributed by atoms with Gasteiger partial charge >= 0.3 is 0 Å². The molecule has 1 aliphatic rings. The molecular weight excluding hydrogens is 202 g/mol. The molecule has 1 aromatic heterocycles. The van der Waals surface area contributed by atoms with Crippen LogP contribution in [-0.2, 0) is 0 Å². The molecule has 1 unspecified atom stereocenters. The van der Waals surface area contributed by atoms with E-state index in [2.05, 4.69) is 26.3 Å². The quantitative estimate of drug-likeness (QED) is 0.793. The van der Waals surface area contributed by atoms with Gasteiger partial charge in [0.15, 0.2) is 11.5 Å². The molecule has 0 saturated carbocycles. The molecule has 1 saturated heterocycles. The summed E-state index contributed by atoms with van der Waals surface area (Å²) in [6.45, 7) is 2.92. The smallest absolute Gasteiger partial charge is 0.183 e. The van der Waals surface area contributed by atoms with E-state index in [0.29, 0.717) is 11.6 Å². The second-order valence-electron chi connectivity index (χ2n) is 4.00. The highest BCUT2D eigenvalue weighted by Crippen LogP contribution is 2.23. The first kappa shape index (κ1) is 10.8. The Balaban J connectivity index is 2.12. The minimum atomic E-state index is 0.424. The van der Waals surface area contributed by atoms with Crippen molar-refractivity contribution < 1.29 is 0 Å². The van der Waals surface area contributed by atoms with E-state index in [0.717, 1.165) is 31.9 Å². The molecule has 1 fully saturated rings. The highest BCUT2D eigenvalue weighted by Gasteiger charge is 2.24. The minimum Gasteiger partial charge on any atom is -0.354 e. The number of rotatable bonds is 3. The van der Waals surface area contributed by atoms with Gasteiger partial charge in [0.05, 0.1) is 0 Å². The Morgan fingerprint density at radius 3 is 3.12 bits per heavy atom. The Bertz CT molecular complexity index is 398. The van der Waals surface area contributed by atoms with Crippen molar-refractivity contribution in [2.24, 2.45) is 5.92 Å². The summed E-state index contributed by atoms with van der Waals surface area (Å²) in [6, 6.07) is 2.09. The molecule has 0 amide bonds. The fourth-order valence-corrected chi connectivity index (χ4v) is 2.12. The molecule has 84 valence electrons. The van der Waals surface area contributed by atoms with Crippen LogP contribution in [-0.4, -0.2) is 36.6 Å². The van der Waals surface area contributed by atoms with Gasteiger partial charge < -0.3 is 10.2 Å². The molecule has 2 heterocycles. The van der Waals surface area contributed by atoms with Gasteiger partial charge in [-0.2, -0.15) is 5.26 Å². The monoisotopic (exact) mass is 217 g/mol. The minimum absolute atomic E-state index is 0.424. The average Bonchev–Trinajstić information content (AvgIpc) is 2.78. The molecular formula is C11H15N5. The second kappa shape index (κ2) is 4.90. The van der Waals surface area contributed by atoms with Crippen LogP contribution in [0.4, 0.5) is 5.82 Å². The van der Waals surface area contributed by atoms with E-state index >= 15 is 0 Å². The van der Waals surface area contributed by atoms with Crippen LogP contribution in [0.3, 0.4) is 0 Å². The van der Waals surface area contributed by atoms with Crippen LogP contribution in [0, 0.1) is 17.2 Å². The normalized spacial score (nSPS) is 19.8. The van der Waals surface area contributed by atoms with Crippen molar-refractivity contribution in [3.63, 3.8) is 0 Å². The lowest BCUT2D eigenvalue weighted by molar-refractivity contribution is 0.549. The predicted octanol–water partition coefficient (Wildman–Crippen LogP) is 0.394. The zero-order chi connectivity index (χ0) is 11.4. The van der Waals surface area contributed by atoms with Crippen molar-refractivity contribution >= 4 is 5.82 Å². The van der Waals surface area contributed by atoms with Gasteiger partial charge in [0, 0.05) is 25.5 Å². The highest BCUT2D eigenvalue weighted by molar-refractivity contribution is 5.50. The first-order chi connectivity index (χ1) is 7.85. The summed E-state index contributed by atoms with van der Waals surface area (Å²) in [5.41, 5.74) is 0.424. The average molecular weight is 217 g/mol. The number of hydrogen-bond donors (Lipinski definition) is 1. The number of nitrogens with one attached hydrogen (secondary N) is 1. The van der Waals surface area contributed by atoms with Crippen LogP contribution >= 0.6 is 0 Å². The van der Waals surface area contributed by atoms with Crippen molar-refractivity contribution in [1.82, 2.24) is 15.3 Å². The molecule has 16 heavy (non-hydrogen) atoms. The third-order valence-electron chi connectivity index (χ3n) is 2.86. The summed E-state index contributed by atoms with van der Waals surface area (Å²) in [5.74, 6) is 1.36. The molecule has 5 nitrogen and oxygen atoms in total. The summed E-state index contributed by atoms with van der Waals surface area (Å²) < 4.78 is 0. The number of aromatic nitrogens is 2. The maximum atomic E-state index is 8.96. The SMILES string of the molecule is CNCC1CCN(c2nccnc2C#N)C1. The van der Waals surface area contributed by atoms with Gasteiger partial charge in [-0.05, 0) is 25.9 Å². The van der Waals surface area contributed by atoms with Gasteiger partial charge in [-0.15, -0.1) is 0 Å².